The lowest BCUT2D eigenvalue weighted by Gasteiger charge is -2.18. The van der Waals surface area contributed by atoms with Gasteiger partial charge >= 0.3 is 0 Å². The van der Waals surface area contributed by atoms with E-state index < -0.39 is 5.92 Å². The van der Waals surface area contributed by atoms with Crippen LogP contribution in [0.25, 0.3) is 0 Å². The zero-order valence-electron chi connectivity index (χ0n) is 12.2. The molecule has 0 saturated carbocycles. The number of hydrogen-bond acceptors (Lipinski definition) is 4. The lowest BCUT2D eigenvalue weighted by atomic mass is 9.94. The number of aromatic amines is 1. The first-order chi connectivity index (χ1) is 9.47. The van der Waals surface area contributed by atoms with Gasteiger partial charge in [-0.3, -0.25) is 9.89 Å². The highest BCUT2D eigenvalue weighted by atomic mass is 16.4. The van der Waals surface area contributed by atoms with Crippen molar-refractivity contribution in [2.75, 3.05) is 6.54 Å². The summed E-state index contributed by atoms with van der Waals surface area (Å²) < 4.78 is 0. The zero-order chi connectivity index (χ0) is 15.1. The quantitative estimate of drug-likeness (QED) is 0.194. The molecule has 1 rings (SSSR count). The van der Waals surface area contributed by atoms with Crippen LogP contribution in [0.1, 0.15) is 31.5 Å². The Bertz CT molecular complexity index is 467. The van der Waals surface area contributed by atoms with Gasteiger partial charge in [0.2, 0.25) is 5.91 Å². The molecule has 0 aromatic carbocycles. The molecule has 0 saturated heterocycles. The molecule has 0 radical (unpaired) electrons. The van der Waals surface area contributed by atoms with E-state index in [0.29, 0.717) is 6.54 Å². The molecular formula is C13H23N5O2. The van der Waals surface area contributed by atoms with Gasteiger partial charge in [-0.1, -0.05) is 19.0 Å². The van der Waals surface area contributed by atoms with E-state index in [1.165, 1.54) is 0 Å². The Hall–Kier alpha value is -2.05. The van der Waals surface area contributed by atoms with Crippen LogP contribution in [-0.4, -0.2) is 33.7 Å². The van der Waals surface area contributed by atoms with E-state index in [9.17, 15) is 4.79 Å². The number of oxime groups is 1. The Morgan fingerprint density at radius 2 is 2.30 bits per heavy atom. The smallest absolute Gasteiger partial charge is 0.231 e. The molecule has 20 heavy (non-hydrogen) atoms. The van der Waals surface area contributed by atoms with E-state index in [0.717, 1.165) is 24.1 Å². The van der Waals surface area contributed by atoms with Crippen molar-refractivity contribution in [3.05, 3.63) is 17.5 Å². The summed E-state index contributed by atoms with van der Waals surface area (Å²) in [6.45, 7) is 6.23. The largest absolute Gasteiger partial charge is 0.409 e. The van der Waals surface area contributed by atoms with Crippen molar-refractivity contribution in [1.82, 2.24) is 15.5 Å². The number of amides is 1. The van der Waals surface area contributed by atoms with Gasteiger partial charge < -0.3 is 16.3 Å². The number of carbonyl (C=O) groups excluding carboxylic acids is 1. The number of nitrogens with two attached hydrogens (primary N) is 1. The van der Waals surface area contributed by atoms with Gasteiger partial charge in [-0.2, -0.15) is 5.10 Å². The summed E-state index contributed by atoms with van der Waals surface area (Å²) in [7, 11) is 0. The van der Waals surface area contributed by atoms with Crippen LogP contribution < -0.4 is 11.1 Å². The number of carbonyl (C=O) groups is 1. The maximum Gasteiger partial charge on any atom is 0.231 e. The second-order valence-electron chi connectivity index (χ2n) is 5.16. The number of nitrogens with zero attached hydrogens (tertiary/aromatic N) is 2. The van der Waals surface area contributed by atoms with Crippen LogP contribution in [0, 0.1) is 18.8 Å². The highest BCUT2D eigenvalue weighted by molar-refractivity contribution is 6.02. The molecule has 1 amide bonds. The Balaban J connectivity index is 2.40. The molecule has 1 aromatic rings. The molecule has 0 aliphatic rings. The van der Waals surface area contributed by atoms with Crippen molar-refractivity contribution < 1.29 is 10.0 Å². The monoisotopic (exact) mass is 281 g/mol. The van der Waals surface area contributed by atoms with E-state index in [2.05, 4.69) is 20.7 Å². The van der Waals surface area contributed by atoms with E-state index in [1.807, 2.05) is 20.8 Å². The van der Waals surface area contributed by atoms with Crippen LogP contribution in [0.15, 0.2) is 11.4 Å². The van der Waals surface area contributed by atoms with E-state index in [1.54, 1.807) is 6.20 Å². The maximum atomic E-state index is 12.0. The fraction of sp³-hybridized carbons (Fsp3) is 0.615. The molecule has 1 unspecified atom stereocenters. The minimum absolute atomic E-state index is 0.0259. The predicted octanol–water partition coefficient (Wildman–Crippen LogP) is 0.786. The summed E-state index contributed by atoms with van der Waals surface area (Å²) in [5.74, 6) is -0.889. The molecule has 1 heterocycles. The molecule has 0 aliphatic carbocycles. The van der Waals surface area contributed by atoms with Gasteiger partial charge in [0.25, 0.3) is 0 Å². The summed E-state index contributed by atoms with van der Waals surface area (Å²) in [6, 6.07) is 0. The van der Waals surface area contributed by atoms with Gasteiger partial charge in [0.1, 0.15) is 5.92 Å². The average Bonchev–Trinajstić information content (AvgIpc) is 2.80. The molecule has 112 valence electrons. The fourth-order valence-electron chi connectivity index (χ4n) is 2.07. The number of nitrogens with one attached hydrogen (secondary N) is 2. The van der Waals surface area contributed by atoms with Gasteiger partial charge in [-0.15, -0.1) is 0 Å². The summed E-state index contributed by atoms with van der Waals surface area (Å²) in [5, 5.41) is 21.3. The van der Waals surface area contributed by atoms with Crippen molar-refractivity contribution in [3.8, 4) is 0 Å². The van der Waals surface area contributed by atoms with Gasteiger partial charge in [-0.05, 0) is 31.2 Å². The first-order valence-electron chi connectivity index (χ1n) is 6.71. The summed E-state index contributed by atoms with van der Waals surface area (Å²) in [6.07, 6.45) is 3.45. The van der Waals surface area contributed by atoms with Gasteiger partial charge in [0.05, 0.1) is 6.20 Å². The molecule has 0 bridgehead atoms. The van der Waals surface area contributed by atoms with E-state index in [-0.39, 0.29) is 17.7 Å². The molecule has 0 spiro atoms. The third kappa shape index (κ3) is 4.25. The second kappa shape index (κ2) is 7.52. The Morgan fingerprint density at radius 1 is 1.60 bits per heavy atom. The third-order valence-corrected chi connectivity index (χ3v) is 3.24. The van der Waals surface area contributed by atoms with Crippen molar-refractivity contribution >= 4 is 11.7 Å². The predicted molar refractivity (Wildman–Crippen MR) is 76.4 cm³/mol. The van der Waals surface area contributed by atoms with Crippen molar-refractivity contribution in [2.24, 2.45) is 22.7 Å². The molecular weight excluding hydrogens is 258 g/mol. The summed E-state index contributed by atoms with van der Waals surface area (Å²) >= 11 is 0. The van der Waals surface area contributed by atoms with Crippen LogP contribution in [0.5, 0.6) is 0 Å². The lowest BCUT2D eigenvalue weighted by Crippen LogP contribution is -2.42. The first-order valence-corrected chi connectivity index (χ1v) is 6.71. The molecule has 0 fully saturated rings. The number of H-pyrrole nitrogens is 1. The Kier molecular flexibility index (Phi) is 6.02. The Morgan fingerprint density at radius 3 is 2.80 bits per heavy atom. The van der Waals surface area contributed by atoms with Crippen LogP contribution in [0.3, 0.4) is 0 Å². The Labute approximate surface area is 118 Å². The van der Waals surface area contributed by atoms with Crippen molar-refractivity contribution in [3.63, 3.8) is 0 Å². The molecule has 1 atom stereocenters. The number of aromatic nitrogens is 2. The maximum absolute atomic E-state index is 12.0. The van der Waals surface area contributed by atoms with Gasteiger partial charge in [0.15, 0.2) is 5.84 Å². The number of amidine groups is 1. The summed E-state index contributed by atoms with van der Waals surface area (Å²) in [4.78, 5) is 12.0. The fourth-order valence-corrected chi connectivity index (χ4v) is 2.07. The first kappa shape index (κ1) is 16.0. The highest BCUT2D eigenvalue weighted by Crippen LogP contribution is 2.11. The standard InChI is InChI=1S/C13H23N5O2/c1-8(2)11(12(14)18-20)13(19)15-6-4-5-10-7-16-17-9(10)3/h7-8,11,20H,4-6H2,1-3H3,(H2,14,18)(H,15,19)(H,16,17). The second-order valence-corrected chi connectivity index (χ2v) is 5.16. The summed E-state index contributed by atoms with van der Waals surface area (Å²) in [5.41, 5.74) is 7.75. The minimum atomic E-state index is -0.601. The number of aryl methyl sites for hydroxylation is 2. The number of rotatable bonds is 7. The lowest BCUT2D eigenvalue weighted by molar-refractivity contribution is -0.124. The normalized spacial score (nSPS) is 13.5. The molecule has 7 heteroatoms. The molecule has 5 N–H and O–H groups in total. The average molecular weight is 281 g/mol. The highest BCUT2D eigenvalue weighted by Gasteiger charge is 2.26. The topological polar surface area (TPSA) is 116 Å². The van der Waals surface area contributed by atoms with Crippen LogP contribution in [0.4, 0.5) is 0 Å². The van der Waals surface area contributed by atoms with Crippen LogP contribution in [-0.2, 0) is 11.2 Å². The SMILES string of the molecule is Cc1[nH]ncc1CCCNC(=O)C(C(N)=NO)C(C)C. The molecule has 0 aliphatic heterocycles. The number of hydrogen-bond donors (Lipinski definition) is 4. The van der Waals surface area contributed by atoms with Crippen molar-refractivity contribution in [2.45, 2.75) is 33.6 Å². The molecule has 7 nitrogen and oxygen atoms in total. The third-order valence-electron chi connectivity index (χ3n) is 3.24. The van der Waals surface area contributed by atoms with Crippen LogP contribution in [0.2, 0.25) is 0 Å². The zero-order valence-corrected chi connectivity index (χ0v) is 12.2. The van der Waals surface area contributed by atoms with E-state index in [4.69, 9.17) is 10.9 Å². The van der Waals surface area contributed by atoms with Crippen LogP contribution >= 0.6 is 0 Å². The minimum Gasteiger partial charge on any atom is -0.409 e. The van der Waals surface area contributed by atoms with Crippen molar-refractivity contribution in [1.29, 1.82) is 0 Å². The van der Waals surface area contributed by atoms with Gasteiger partial charge in [-0.25, -0.2) is 0 Å². The van der Waals surface area contributed by atoms with E-state index >= 15 is 0 Å². The molecule has 1 aromatic heterocycles. The van der Waals surface area contributed by atoms with Gasteiger partial charge in [0, 0.05) is 12.2 Å².